The first-order chi connectivity index (χ1) is 10.1. The molecule has 112 valence electrons. The molecule has 1 atom stereocenters. The predicted molar refractivity (Wildman–Crippen MR) is 82.5 cm³/mol. The summed E-state index contributed by atoms with van der Waals surface area (Å²) in [6.07, 6.45) is -0.211. The van der Waals surface area contributed by atoms with E-state index in [0.717, 1.165) is 0 Å². The molecule has 21 heavy (non-hydrogen) atoms. The van der Waals surface area contributed by atoms with Gasteiger partial charge in [-0.25, -0.2) is 4.98 Å². The molecule has 1 heterocycles. The average molecular weight is 327 g/mol. The molecule has 0 saturated carbocycles. The van der Waals surface area contributed by atoms with Gasteiger partial charge in [-0.15, -0.1) is 11.3 Å². The Labute approximate surface area is 131 Å². The highest BCUT2D eigenvalue weighted by Crippen LogP contribution is 2.26. The summed E-state index contributed by atoms with van der Waals surface area (Å²) in [5, 5.41) is 2.98. The normalized spacial score (nSPS) is 11.8. The number of ether oxygens (including phenoxy) is 2. The van der Waals surface area contributed by atoms with Crippen LogP contribution in [-0.2, 0) is 0 Å². The van der Waals surface area contributed by atoms with Crippen LogP contribution in [0.25, 0.3) is 0 Å². The van der Waals surface area contributed by atoms with Crippen molar-refractivity contribution >= 4 is 28.8 Å². The van der Waals surface area contributed by atoms with Gasteiger partial charge in [-0.05, 0) is 19.1 Å². The minimum absolute atomic E-state index is 0.211. The summed E-state index contributed by atoms with van der Waals surface area (Å²) in [5.74, 6) is 1.04. The zero-order valence-corrected chi connectivity index (χ0v) is 13.2. The van der Waals surface area contributed by atoms with E-state index in [9.17, 15) is 4.79 Å². The van der Waals surface area contributed by atoms with E-state index >= 15 is 0 Å². The van der Waals surface area contributed by atoms with E-state index in [-0.39, 0.29) is 17.2 Å². The highest BCUT2D eigenvalue weighted by molar-refractivity contribution is 7.12. The zero-order valence-electron chi connectivity index (χ0n) is 11.6. The van der Waals surface area contributed by atoms with E-state index in [1.54, 1.807) is 7.11 Å². The third-order valence-corrected chi connectivity index (χ3v) is 3.90. The van der Waals surface area contributed by atoms with Crippen molar-refractivity contribution in [3.63, 3.8) is 0 Å². The Morgan fingerprint density at radius 2 is 2.14 bits per heavy atom. The number of thiazole rings is 1. The largest absolute Gasteiger partial charge is 0.493 e. The van der Waals surface area contributed by atoms with Crippen molar-refractivity contribution in [1.29, 1.82) is 0 Å². The first kappa shape index (κ1) is 15.6. The number of nitrogens with one attached hydrogen (secondary N) is 1. The molecule has 0 aliphatic carbocycles. The van der Waals surface area contributed by atoms with Crippen molar-refractivity contribution in [2.75, 3.05) is 13.7 Å². The fraction of sp³-hybridized carbons (Fsp3) is 0.286. The van der Waals surface area contributed by atoms with Crippen LogP contribution >= 0.6 is 22.9 Å². The minimum Gasteiger partial charge on any atom is -0.493 e. The summed E-state index contributed by atoms with van der Waals surface area (Å²) in [4.78, 5) is 16.1. The van der Waals surface area contributed by atoms with E-state index in [1.807, 2.05) is 31.2 Å². The lowest BCUT2D eigenvalue weighted by Crippen LogP contribution is -2.33. The zero-order chi connectivity index (χ0) is 15.2. The molecule has 2 aromatic rings. The highest BCUT2D eigenvalue weighted by atomic mass is 35.5. The van der Waals surface area contributed by atoms with Crippen LogP contribution in [0, 0.1) is 0 Å². The quantitative estimate of drug-likeness (QED) is 0.886. The number of benzene rings is 1. The molecule has 5 nitrogen and oxygen atoms in total. The predicted octanol–water partition coefficient (Wildman–Crippen LogP) is 3.00. The van der Waals surface area contributed by atoms with E-state index in [4.69, 9.17) is 21.1 Å². The molecule has 0 bridgehead atoms. The highest BCUT2D eigenvalue weighted by Gasteiger charge is 2.15. The van der Waals surface area contributed by atoms with E-state index in [0.29, 0.717) is 22.9 Å². The first-order valence-electron chi connectivity index (χ1n) is 6.28. The Hall–Kier alpha value is -1.79. The van der Waals surface area contributed by atoms with Crippen LogP contribution in [0.5, 0.6) is 11.5 Å². The van der Waals surface area contributed by atoms with Crippen molar-refractivity contribution in [2.24, 2.45) is 0 Å². The summed E-state index contributed by atoms with van der Waals surface area (Å²) in [6.45, 7) is 2.21. The number of hydrogen-bond acceptors (Lipinski definition) is 5. The number of carbonyl (C=O) groups excluding carboxylic acids is 1. The van der Waals surface area contributed by atoms with Crippen molar-refractivity contribution in [3.05, 3.63) is 39.8 Å². The van der Waals surface area contributed by atoms with Gasteiger partial charge < -0.3 is 14.8 Å². The summed E-state index contributed by atoms with van der Waals surface area (Å²) in [7, 11) is 1.58. The van der Waals surface area contributed by atoms with Gasteiger partial charge in [0.25, 0.3) is 5.91 Å². The van der Waals surface area contributed by atoms with Crippen molar-refractivity contribution in [2.45, 2.75) is 13.0 Å². The Balaban J connectivity index is 1.89. The Morgan fingerprint density at radius 1 is 1.43 bits per heavy atom. The monoisotopic (exact) mass is 326 g/mol. The molecular weight excluding hydrogens is 312 g/mol. The van der Waals surface area contributed by atoms with E-state index in [2.05, 4.69) is 10.3 Å². The Bertz CT molecular complexity index is 618. The summed E-state index contributed by atoms with van der Waals surface area (Å²) >= 11 is 7.01. The second-order valence-corrected chi connectivity index (χ2v) is 5.47. The third kappa shape index (κ3) is 4.09. The molecule has 0 saturated heterocycles. The fourth-order valence-electron chi connectivity index (χ4n) is 1.67. The van der Waals surface area contributed by atoms with Gasteiger partial charge in [0.15, 0.2) is 16.7 Å². The molecule has 0 aliphatic heterocycles. The number of hydrogen-bond donors (Lipinski definition) is 1. The van der Waals surface area contributed by atoms with E-state index in [1.165, 1.54) is 16.8 Å². The number of para-hydroxylation sites is 2. The number of methoxy groups -OCH3 is 1. The van der Waals surface area contributed by atoms with Crippen LogP contribution in [-0.4, -0.2) is 30.6 Å². The second-order valence-electron chi connectivity index (χ2n) is 4.26. The molecule has 0 radical (unpaired) electrons. The van der Waals surface area contributed by atoms with Crippen LogP contribution in [0.1, 0.15) is 16.6 Å². The SMILES string of the molecule is COc1ccccc1O[C@H](C)CNC(=O)c1scnc1Cl. The van der Waals surface area contributed by atoms with Gasteiger partial charge in [0, 0.05) is 0 Å². The smallest absolute Gasteiger partial charge is 0.264 e. The van der Waals surface area contributed by atoms with Gasteiger partial charge >= 0.3 is 0 Å². The van der Waals surface area contributed by atoms with Crippen LogP contribution in [0.2, 0.25) is 5.15 Å². The third-order valence-electron chi connectivity index (χ3n) is 2.68. The van der Waals surface area contributed by atoms with Crippen molar-refractivity contribution in [3.8, 4) is 11.5 Å². The number of nitrogens with zero attached hydrogens (tertiary/aromatic N) is 1. The summed E-state index contributed by atoms with van der Waals surface area (Å²) < 4.78 is 11.0. The molecule has 1 aromatic carbocycles. The number of carbonyl (C=O) groups is 1. The lowest BCUT2D eigenvalue weighted by Gasteiger charge is -2.17. The molecule has 2 rings (SSSR count). The topological polar surface area (TPSA) is 60.5 Å². The summed E-state index contributed by atoms with van der Waals surface area (Å²) in [6, 6.07) is 7.36. The Kier molecular flexibility index (Phi) is 5.41. The maximum atomic E-state index is 11.9. The average Bonchev–Trinajstić information content (AvgIpc) is 2.91. The minimum atomic E-state index is -0.252. The molecule has 0 unspecified atom stereocenters. The van der Waals surface area contributed by atoms with Gasteiger partial charge in [-0.3, -0.25) is 4.79 Å². The van der Waals surface area contributed by atoms with Gasteiger partial charge in [0.05, 0.1) is 19.2 Å². The van der Waals surface area contributed by atoms with Crippen LogP contribution in [0.15, 0.2) is 29.8 Å². The maximum absolute atomic E-state index is 11.9. The van der Waals surface area contributed by atoms with Crippen LogP contribution in [0.3, 0.4) is 0 Å². The number of amides is 1. The molecule has 1 aromatic heterocycles. The molecule has 0 fully saturated rings. The number of halogens is 1. The van der Waals surface area contributed by atoms with Gasteiger partial charge in [0.1, 0.15) is 11.0 Å². The number of aromatic nitrogens is 1. The van der Waals surface area contributed by atoms with Gasteiger partial charge in [-0.2, -0.15) is 0 Å². The second kappa shape index (κ2) is 7.28. The first-order valence-corrected chi connectivity index (χ1v) is 7.54. The lowest BCUT2D eigenvalue weighted by atomic mass is 10.3. The molecule has 7 heteroatoms. The van der Waals surface area contributed by atoms with Crippen LogP contribution in [0.4, 0.5) is 0 Å². The van der Waals surface area contributed by atoms with Crippen molar-refractivity contribution in [1.82, 2.24) is 10.3 Å². The van der Waals surface area contributed by atoms with E-state index < -0.39 is 0 Å². The molecule has 0 aliphatic rings. The van der Waals surface area contributed by atoms with Gasteiger partial charge in [0.2, 0.25) is 0 Å². The number of rotatable bonds is 6. The lowest BCUT2D eigenvalue weighted by molar-refractivity contribution is 0.0935. The molecule has 1 amide bonds. The fourth-order valence-corrected chi connectivity index (χ4v) is 2.59. The summed E-state index contributed by atoms with van der Waals surface area (Å²) in [5.41, 5.74) is 1.53. The van der Waals surface area contributed by atoms with Gasteiger partial charge in [-0.1, -0.05) is 23.7 Å². The Morgan fingerprint density at radius 3 is 2.76 bits per heavy atom. The van der Waals surface area contributed by atoms with Crippen molar-refractivity contribution < 1.29 is 14.3 Å². The standard InChI is InChI=1S/C14H15ClN2O3S/c1-9(20-11-6-4-3-5-10(11)19-2)7-16-14(18)12-13(15)17-8-21-12/h3-6,8-9H,7H2,1-2H3,(H,16,18)/t9-/m1/s1. The molecule has 0 spiro atoms. The van der Waals surface area contributed by atoms with Crippen LogP contribution < -0.4 is 14.8 Å². The maximum Gasteiger partial charge on any atom is 0.264 e. The molecule has 1 N–H and O–H groups in total. The molecular formula is C14H15ClN2O3S.